The van der Waals surface area contributed by atoms with E-state index in [1.807, 2.05) is 54.6 Å². The van der Waals surface area contributed by atoms with E-state index in [0.29, 0.717) is 41.6 Å². The summed E-state index contributed by atoms with van der Waals surface area (Å²) < 4.78 is 0. The van der Waals surface area contributed by atoms with Gasteiger partial charge in [0.1, 0.15) is 11.6 Å². The standard InChI is InChI=1S/C24H21ClN4O/c25-19-13-21(24(29-15-19)28-14-17-4-2-1-3-5-17)22(30)9-7-16-6-8-20-18(12-16)10-11-27-23(20)26/h1-6,8,10-13,15H,7,9,14H2,(H2,26,27)(H,28,29). The van der Waals surface area contributed by atoms with E-state index in [0.717, 1.165) is 21.9 Å². The molecule has 0 aliphatic rings. The number of hydrogen-bond donors (Lipinski definition) is 2. The number of anilines is 2. The van der Waals surface area contributed by atoms with Crippen LogP contribution >= 0.6 is 11.6 Å². The highest BCUT2D eigenvalue weighted by Gasteiger charge is 2.14. The summed E-state index contributed by atoms with van der Waals surface area (Å²) in [4.78, 5) is 21.4. The minimum Gasteiger partial charge on any atom is -0.383 e. The summed E-state index contributed by atoms with van der Waals surface area (Å²) in [5.74, 6) is 1.05. The van der Waals surface area contributed by atoms with Crippen molar-refractivity contribution in [2.45, 2.75) is 19.4 Å². The molecule has 6 heteroatoms. The molecule has 0 radical (unpaired) electrons. The highest BCUT2D eigenvalue weighted by Crippen LogP contribution is 2.23. The van der Waals surface area contributed by atoms with Crippen LogP contribution in [0.4, 0.5) is 11.6 Å². The SMILES string of the molecule is Nc1nccc2cc(CCC(=O)c3cc(Cl)cnc3NCc3ccccc3)ccc12. The molecule has 2 aromatic heterocycles. The normalized spacial score (nSPS) is 10.8. The van der Waals surface area contributed by atoms with E-state index < -0.39 is 0 Å². The summed E-state index contributed by atoms with van der Waals surface area (Å²) in [5, 5.41) is 5.63. The minimum absolute atomic E-state index is 0.00472. The summed E-state index contributed by atoms with van der Waals surface area (Å²) in [6.07, 6.45) is 4.21. The largest absolute Gasteiger partial charge is 0.383 e. The predicted octanol–water partition coefficient (Wildman–Crippen LogP) is 5.29. The summed E-state index contributed by atoms with van der Waals surface area (Å²) in [7, 11) is 0. The molecule has 0 atom stereocenters. The van der Waals surface area contributed by atoms with Gasteiger partial charge in [0.05, 0.1) is 10.6 Å². The van der Waals surface area contributed by atoms with E-state index in [4.69, 9.17) is 17.3 Å². The number of benzene rings is 2. The first-order valence-electron chi connectivity index (χ1n) is 9.70. The first-order valence-corrected chi connectivity index (χ1v) is 10.1. The lowest BCUT2D eigenvalue weighted by atomic mass is 10.0. The molecule has 0 saturated heterocycles. The zero-order valence-corrected chi connectivity index (χ0v) is 17.1. The molecule has 150 valence electrons. The fraction of sp³-hybridized carbons (Fsp3) is 0.125. The van der Waals surface area contributed by atoms with Gasteiger partial charge in [-0.1, -0.05) is 60.1 Å². The Morgan fingerprint density at radius 1 is 1.00 bits per heavy atom. The van der Waals surface area contributed by atoms with Crippen molar-refractivity contribution in [3.05, 3.63) is 94.8 Å². The average molecular weight is 417 g/mol. The van der Waals surface area contributed by atoms with Gasteiger partial charge in [-0.15, -0.1) is 0 Å². The second kappa shape index (κ2) is 8.93. The van der Waals surface area contributed by atoms with Crippen molar-refractivity contribution in [3.63, 3.8) is 0 Å². The summed E-state index contributed by atoms with van der Waals surface area (Å²) in [6, 6.07) is 19.5. The lowest BCUT2D eigenvalue weighted by Gasteiger charge is -2.11. The van der Waals surface area contributed by atoms with Gasteiger partial charge in [0, 0.05) is 30.7 Å². The third-order valence-corrected chi connectivity index (χ3v) is 5.16. The van der Waals surface area contributed by atoms with Gasteiger partial charge < -0.3 is 11.1 Å². The van der Waals surface area contributed by atoms with Crippen LogP contribution in [0.5, 0.6) is 0 Å². The average Bonchev–Trinajstić information content (AvgIpc) is 2.77. The molecule has 3 N–H and O–H groups in total. The van der Waals surface area contributed by atoms with Crippen molar-refractivity contribution in [1.29, 1.82) is 0 Å². The highest BCUT2D eigenvalue weighted by molar-refractivity contribution is 6.31. The zero-order valence-electron chi connectivity index (χ0n) is 16.3. The Kier molecular flexibility index (Phi) is 5.91. The van der Waals surface area contributed by atoms with Gasteiger partial charge >= 0.3 is 0 Å². The maximum Gasteiger partial charge on any atom is 0.166 e. The van der Waals surface area contributed by atoms with Crippen LogP contribution in [0.1, 0.15) is 27.9 Å². The number of fused-ring (bicyclic) bond motifs is 1. The maximum atomic E-state index is 13.0. The number of Topliss-reactive ketones (excluding diaryl/α,β-unsaturated/α-hetero) is 1. The van der Waals surface area contributed by atoms with E-state index in [1.54, 1.807) is 18.5 Å². The number of ketones is 1. The fourth-order valence-electron chi connectivity index (χ4n) is 3.37. The number of hydrogen-bond acceptors (Lipinski definition) is 5. The Hall–Kier alpha value is -3.44. The molecule has 2 heterocycles. The van der Waals surface area contributed by atoms with E-state index >= 15 is 0 Å². The Bertz CT molecular complexity index is 1190. The van der Waals surface area contributed by atoms with Gasteiger partial charge in [0.15, 0.2) is 5.78 Å². The summed E-state index contributed by atoms with van der Waals surface area (Å²) in [6.45, 7) is 0.579. The monoisotopic (exact) mass is 416 g/mol. The molecular weight excluding hydrogens is 396 g/mol. The third kappa shape index (κ3) is 4.58. The molecular formula is C24H21ClN4O. The number of carbonyl (C=O) groups excluding carboxylic acids is 1. The number of carbonyl (C=O) groups is 1. The molecule has 0 spiro atoms. The van der Waals surface area contributed by atoms with E-state index in [-0.39, 0.29) is 5.78 Å². The van der Waals surface area contributed by atoms with Gasteiger partial charge in [-0.05, 0) is 35.1 Å². The van der Waals surface area contributed by atoms with Crippen LogP contribution in [0.15, 0.2) is 73.1 Å². The zero-order chi connectivity index (χ0) is 20.9. The molecule has 0 amide bonds. The second-order valence-electron chi connectivity index (χ2n) is 7.06. The van der Waals surface area contributed by atoms with Crippen LogP contribution in [0.2, 0.25) is 5.02 Å². The number of nitrogens with one attached hydrogen (secondary N) is 1. The topological polar surface area (TPSA) is 80.9 Å². The van der Waals surface area contributed by atoms with Crippen molar-refractivity contribution in [2.24, 2.45) is 0 Å². The van der Waals surface area contributed by atoms with Crippen molar-refractivity contribution in [3.8, 4) is 0 Å². The van der Waals surface area contributed by atoms with Crippen LogP contribution in [0.3, 0.4) is 0 Å². The molecule has 0 unspecified atom stereocenters. The number of aryl methyl sites for hydroxylation is 1. The lowest BCUT2D eigenvalue weighted by molar-refractivity contribution is 0.0983. The second-order valence-corrected chi connectivity index (χ2v) is 7.50. The quantitative estimate of drug-likeness (QED) is 0.400. The predicted molar refractivity (Wildman–Crippen MR) is 122 cm³/mol. The summed E-state index contributed by atoms with van der Waals surface area (Å²) >= 11 is 6.12. The lowest BCUT2D eigenvalue weighted by Crippen LogP contribution is -2.09. The molecule has 0 saturated carbocycles. The smallest absolute Gasteiger partial charge is 0.166 e. The van der Waals surface area contributed by atoms with Crippen LogP contribution in [0.25, 0.3) is 10.8 Å². The highest BCUT2D eigenvalue weighted by atomic mass is 35.5. The fourth-order valence-corrected chi connectivity index (χ4v) is 3.53. The molecule has 4 aromatic rings. The van der Waals surface area contributed by atoms with Crippen LogP contribution in [-0.2, 0) is 13.0 Å². The van der Waals surface area contributed by atoms with Gasteiger partial charge in [0.2, 0.25) is 0 Å². The summed E-state index contributed by atoms with van der Waals surface area (Å²) in [5.41, 5.74) is 8.60. The molecule has 2 aromatic carbocycles. The number of pyridine rings is 2. The van der Waals surface area contributed by atoms with E-state index in [1.165, 1.54) is 0 Å². The number of nitrogen functional groups attached to an aromatic ring is 1. The van der Waals surface area contributed by atoms with Crippen molar-refractivity contribution < 1.29 is 4.79 Å². The van der Waals surface area contributed by atoms with E-state index in [9.17, 15) is 4.79 Å². The van der Waals surface area contributed by atoms with E-state index in [2.05, 4.69) is 15.3 Å². The Labute approximate surface area is 179 Å². The third-order valence-electron chi connectivity index (χ3n) is 4.96. The molecule has 0 fully saturated rings. The van der Waals surface area contributed by atoms with Crippen molar-refractivity contribution in [2.75, 3.05) is 11.1 Å². The Balaban J connectivity index is 1.48. The molecule has 0 aliphatic carbocycles. The Morgan fingerprint density at radius 2 is 1.83 bits per heavy atom. The van der Waals surface area contributed by atoms with Crippen LogP contribution in [0, 0.1) is 0 Å². The number of rotatable bonds is 7. The Morgan fingerprint density at radius 3 is 2.67 bits per heavy atom. The van der Waals surface area contributed by atoms with Crippen molar-refractivity contribution >= 4 is 39.8 Å². The number of nitrogens with two attached hydrogens (primary N) is 1. The first-order chi connectivity index (χ1) is 14.6. The van der Waals surface area contributed by atoms with Crippen LogP contribution in [-0.4, -0.2) is 15.8 Å². The number of aromatic nitrogens is 2. The first kappa shape index (κ1) is 19.9. The number of halogens is 1. The molecule has 4 rings (SSSR count). The van der Waals surface area contributed by atoms with Gasteiger partial charge in [-0.2, -0.15) is 0 Å². The molecule has 0 bridgehead atoms. The van der Waals surface area contributed by atoms with Gasteiger partial charge in [0.25, 0.3) is 0 Å². The van der Waals surface area contributed by atoms with Gasteiger partial charge in [-0.25, -0.2) is 9.97 Å². The number of nitrogens with zero attached hydrogens (tertiary/aromatic N) is 2. The molecule has 0 aliphatic heterocycles. The van der Waals surface area contributed by atoms with Crippen molar-refractivity contribution in [1.82, 2.24) is 9.97 Å². The van der Waals surface area contributed by atoms with Crippen LogP contribution < -0.4 is 11.1 Å². The molecule has 30 heavy (non-hydrogen) atoms. The van der Waals surface area contributed by atoms with Gasteiger partial charge in [-0.3, -0.25) is 4.79 Å². The maximum absolute atomic E-state index is 13.0. The molecule has 5 nitrogen and oxygen atoms in total. The minimum atomic E-state index is -0.00472.